The first kappa shape index (κ1) is 12.8. The van der Waals surface area contributed by atoms with E-state index in [0.29, 0.717) is 13.0 Å². The molecule has 4 heteroatoms. The molecule has 1 rings (SSSR count). The van der Waals surface area contributed by atoms with E-state index < -0.39 is 11.6 Å². The minimum atomic E-state index is -1.06. The molecule has 1 atom stereocenters. The molecule has 0 heterocycles. The first-order chi connectivity index (χ1) is 7.56. The van der Waals surface area contributed by atoms with Crippen molar-refractivity contribution >= 4 is 5.78 Å². The third kappa shape index (κ3) is 3.10. The number of Topliss-reactive ketones (excluding diaryl/α,β-unsaturated/α-hetero) is 1. The fourth-order valence-electron chi connectivity index (χ4n) is 1.35. The van der Waals surface area contributed by atoms with Crippen molar-refractivity contribution in [3.63, 3.8) is 0 Å². The van der Waals surface area contributed by atoms with Crippen LogP contribution < -0.4 is 5.73 Å². The van der Waals surface area contributed by atoms with Gasteiger partial charge < -0.3 is 5.73 Å². The number of halogens is 2. The molecule has 0 radical (unpaired) electrons. The summed E-state index contributed by atoms with van der Waals surface area (Å²) in [6, 6.07) is 3.63. The Kier molecular flexibility index (Phi) is 4.55. The van der Waals surface area contributed by atoms with Gasteiger partial charge in [-0.3, -0.25) is 4.79 Å². The molecule has 0 saturated carbocycles. The zero-order valence-corrected chi connectivity index (χ0v) is 9.17. The Bertz CT molecular complexity index is 379. The summed E-state index contributed by atoms with van der Waals surface area (Å²) in [6.07, 6.45) is 0.782. The average Bonchev–Trinajstić information content (AvgIpc) is 2.29. The first-order valence-corrected chi connectivity index (χ1v) is 5.23. The fraction of sp³-hybridized carbons (Fsp3) is 0.417. The average molecular weight is 227 g/mol. The van der Waals surface area contributed by atoms with Crippen molar-refractivity contribution in [1.29, 1.82) is 0 Å². The van der Waals surface area contributed by atoms with Gasteiger partial charge in [-0.25, -0.2) is 8.78 Å². The molecule has 0 fully saturated rings. The maximum atomic E-state index is 13.2. The van der Waals surface area contributed by atoms with Crippen LogP contribution in [0.15, 0.2) is 18.2 Å². The van der Waals surface area contributed by atoms with Crippen LogP contribution in [0.25, 0.3) is 0 Å². The molecular formula is C12H15F2NO. The van der Waals surface area contributed by atoms with Gasteiger partial charge in [0.15, 0.2) is 17.4 Å². The largest absolute Gasteiger partial charge is 0.330 e. The zero-order valence-electron chi connectivity index (χ0n) is 9.17. The number of carbonyl (C=O) groups excluding carboxylic acids is 1. The van der Waals surface area contributed by atoms with Crippen molar-refractivity contribution in [2.24, 2.45) is 11.7 Å². The highest BCUT2D eigenvalue weighted by Gasteiger charge is 2.15. The number of hydrogen-bond acceptors (Lipinski definition) is 2. The van der Waals surface area contributed by atoms with E-state index in [1.807, 2.05) is 6.92 Å². The standard InChI is InChI=1S/C12H15F2NO/c1-8(7-15)5-6-11(16)9-3-2-4-10(13)12(9)14/h2-4,8H,5-7,15H2,1H3. The van der Waals surface area contributed by atoms with Crippen molar-refractivity contribution in [1.82, 2.24) is 0 Å². The van der Waals surface area contributed by atoms with Crippen LogP contribution in [0.5, 0.6) is 0 Å². The smallest absolute Gasteiger partial charge is 0.169 e. The lowest BCUT2D eigenvalue weighted by Gasteiger charge is -2.07. The van der Waals surface area contributed by atoms with Gasteiger partial charge in [0, 0.05) is 6.42 Å². The lowest BCUT2D eigenvalue weighted by molar-refractivity contribution is 0.0970. The summed E-state index contributed by atoms with van der Waals surface area (Å²) in [6.45, 7) is 2.40. The predicted octanol–water partition coefficient (Wildman–Crippen LogP) is 2.52. The molecule has 2 nitrogen and oxygen atoms in total. The summed E-state index contributed by atoms with van der Waals surface area (Å²) < 4.78 is 26.1. The van der Waals surface area contributed by atoms with Gasteiger partial charge in [0.1, 0.15) is 0 Å². The van der Waals surface area contributed by atoms with Crippen LogP contribution in [0.2, 0.25) is 0 Å². The lowest BCUT2D eigenvalue weighted by Crippen LogP contribution is -2.13. The molecule has 0 saturated heterocycles. The molecule has 88 valence electrons. The second kappa shape index (κ2) is 5.70. The molecule has 1 aromatic rings. The van der Waals surface area contributed by atoms with Crippen molar-refractivity contribution < 1.29 is 13.6 Å². The van der Waals surface area contributed by atoms with E-state index in [9.17, 15) is 13.6 Å². The van der Waals surface area contributed by atoms with Crippen LogP contribution in [0, 0.1) is 17.6 Å². The van der Waals surface area contributed by atoms with Crippen LogP contribution in [0.1, 0.15) is 30.1 Å². The third-order valence-electron chi connectivity index (χ3n) is 2.52. The molecule has 0 bridgehead atoms. The molecule has 2 N–H and O–H groups in total. The Labute approximate surface area is 93.5 Å². The van der Waals surface area contributed by atoms with Crippen molar-refractivity contribution in [3.8, 4) is 0 Å². The highest BCUT2D eigenvalue weighted by Crippen LogP contribution is 2.15. The highest BCUT2D eigenvalue weighted by molar-refractivity contribution is 5.96. The number of rotatable bonds is 5. The minimum Gasteiger partial charge on any atom is -0.330 e. The fourth-order valence-corrected chi connectivity index (χ4v) is 1.35. The van der Waals surface area contributed by atoms with Crippen LogP contribution in [0.4, 0.5) is 8.78 Å². The van der Waals surface area contributed by atoms with Gasteiger partial charge in [0.05, 0.1) is 5.56 Å². The van der Waals surface area contributed by atoms with E-state index in [1.54, 1.807) is 0 Å². The molecule has 0 aliphatic heterocycles. The molecule has 0 spiro atoms. The lowest BCUT2D eigenvalue weighted by atomic mass is 10.00. The normalized spacial score (nSPS) is 12.5. The number of carbonyl (C=O) groups is 1. The summed E-state index contributed by atoms with van der Waals surface area (Å²) in [4.78, 5) is 11.6. The van der Waals surface area contributed by atoms with E-state index in [4.69, 9.17) is 5.73 Å². The van der Waals surface area contributed by atoms with E-state index in [-0.39, 0.29) is 23.7 Å². The summed E-state index contributed by atoms with van der Waals surface area (Å²) in [5, 5.41) is 0. The van der Waals surface area contributed by atoms with Gasteiger partial charge in [-0.1, -0.05) is 13.0 Å². The van der Waals surface area contributed by atoms with Gasteiger partial charge in [0.2, 0.25) is 0 Å². The number of benzene rings is 1. The van der Waals surface area contributed by atoms with Crippen LogP contribution in [-0.2, 0) is 0 Å². The molecule has 1 aromatic carbocycles. The number of hydrogen-bond donors (Lipinski definition) is 1. The van der Waals surface area contributed by atoms with Gasteiger partial charge >= 0.3 is 0 Å². The zero-order chi connectivity index (χ0) is 12.1. The summed E-state index contributed by atoms with van der Waals surface area (Å²) >= 11 is 0. The molecule has 1 unspecified atom stereocenters. The van der Waals surface area contributed by atoms with E-state index in [2.05, 4.69) is 0 Å². The maximum absolute atomic E-state index is 13.2. The summed E-state index contributed by atoms with van der Waals surface area (Å²) in [5.74, 6) is -2.22. The minimum absolute atomic E-state index is 0.177. The summed E-state index contributed by atoms with van der Waals surface area (Å²) in [5.41, 5.74) is 5.23. The van der Waals surface area contributed by atoms with Crippen LogP contribution in [-0.4, -0.2) is 12.3 Å². The van der Waals surface area contributed by atoms with Crippen LogP contribution >= 0.6 is 0 Å². The molecular weight excluding hydrogens is 212 g/mol. The van der Waals surface area contributed by atoms with Crippen molar-refractivity contribution in [2.45, 2.75) is 19.8 Å². The Morgan fingerprint density at radius 3 is 2.75 bits per heavy atom. The number of ketones is 1. The van der Waals surface area contributed by atoms with E-state index in [1.165, 1.54) is 12.1 Å². The Balaban J connectivity index is 2.70. The SMILES string of the molecule is CC(CN)CCC(=O)c1cccc(F)c1F. The Hall–Kier alpha value is -1.29. The predicted molar refractivity (Wildman–Crippen MR) is 58.1 cm³/mol. The molecule has 0 aliphatic rings. The molecule has 0 aliphatic carbocycles. The van der Waals surface area contributed by atoms with Gasteiger partial charge in [-0.15, -0.1) is 0 Å². The van der Waals surface area contributed by atoms with E-state index >= 15 is 0 Å². The second-order valence-corrected chi connectivity index (χ2v) is 3.90. The van der Waals surface area contributed by atoms with Gasteiger partial charge in [-0.2, -0.15) is 0 Å². The third-order valence-corrected chi connectivity index (χ3v) is 2.52. The monoisotopic (exact) mass is 227 g/mol. The van der Waals surface area contributed by atoms with Gasteiger partial charge in [-0.05, 0) is 31.0 Å². The van der Waals surface area contributed by atoms with Crippen molar-refractivity contribution in [3.05, 3.63) is 35.4 Å². The summed E-state index contributed by atoms with van der Waals surface area (Å²) in [7, 11) is 0. The molecule has 16 heavy (non-hydrogen) atoms. The molecule has 0 amide bonds. The quantitative estimate of drug-likeness (QED) is 0.785. The second-order valence-electron chi connectivity index (χ2n) is 3.90. The Morgan fingerprint density at radius 2 is 2.12 bits per heavy atom. The number of nitrogens with two attached hydrogens (primary N) is 1. The van der Waals surface area contributed by atoms with Gasteiger partial charge in [0.25, 0.3) is 0 Å². The van der Waals surface area contributed by atoms with Crippen molar-refractivity contribution in [2.75, 3.05) is 6.54 Å². The first-order valence-electron chi connectivity index (χ1n) is 5.23. The highest BCUT2D eigenvalue weighted by atomic mass is 19.2. The topological polar surface area (TPSA) is 43.1 Å². The van der Waals surface area contributed by atoms with Crippen LogP contribution in [0.3, 0.4) is 0 Å². The maximum Gasteiger partial charge on any atom is 0.169 e. The van der Waals surface area contributed by atoms with E-state index in [0.717, 1.165) is 6.07 Å². The Morgan fingerprint density at radius 1 is 1.44 bits per heavy atom. The molecule has 0 aromatic heterocycles.